The Balaban J connectivity index is 1.73. The van der Waals surface area contributed by atoms with Crippen molar-refractivity contribution in [2.75, 3.05) is 6.79 Å². The molecule has 0 aromatic heterocycles. The smallest absolute Gasteiger partial charge is 0.231 e. The van der Waals surface area contributed by atoms with Crippen molar-refractivity contribution in [1.29, 1.82) is 0 Å². The summed E-state index contributed by atoms with van der Waals surface area (Å²) in [7, 11) is 0. The normalized spacial score (nSPS) is 22.2. The first-order valence-electron chi connectivity index (χ1n) is 5.49. The number of hydrogen-bond acceptors (Lipinski definition) is 3. The SMILES string of the molecule is O=C1CCC(Cc2ccc3c(c2)OCO3)N1. The Labute approximate surface area is 93.5 Å². The van der Waals surface area contributed by atoms with Crippen LogP contribution in [0.3, 0.4) is 0 Å². The van der Waals surface area contributed by atoms with Crippen LogP contribution in [0.15, 0.2) is 18.2 Å². The standard InChI is InChI=1S/C12H13NO3/c14-12-4-2-9(13-12)5-8-1-3-10-11(6-8)16-7-15-10/h1,3,6,9H,2,4-5,7H2,(H,13,14). The van der Waals surface area contributed by atoms with Crippen LogP contribution in [-0.2, 0) is 11.2 Å². The number of nitrogens with one attached hydrogen (secondary N) is 1. The molecular weight excluding hydrogens is 206 g/mol. The van der Waals surface area contributed by atoms with E-state index < -0.39 is 0 Å². The minimum absolute atomic E-state index is 0.158. The molecule has 0 saturated carbocycles. The van der Waals surface area contributed by atoms with E-state index in [1.165, 1.54) is 5.56 Å². The Morgan fingerprint density at radius 2 is 2.19 bits per heavy atom. The largest absolute Gasteiger partial charge is 0.454 e. The van der Waals surface area contributed by atoms with E-state index in [-0.39, 0.29) is 11.9 Å². The van der Waals surface area contributed by atoms with Crippen molar-refractivity contribution in [2.45, 2.75) is 25.3 Å². The van der Waals surface area contributed by atoms with E-state index in [9.17, 15) is 4.79 Å². The van der Waals surface area contributed by atoms with Crippen LogP contribution in [0, 0.1) is 0 Å². The lowest BCUT2D eigenvalue weighted by Crippen LogP contribution is -2.27. The molecule has 1 aromatic rings. The van der Waals surface area contributed by atoms with Crippen LogP contribution >= 0.6 is 0 Å². The van der Waals surface area contributed by atoms with Crippen molar-refractivity contribution in [1.82, 2.24) is 5.32 Å². The third-order valence-corrected chi connectivity index (χ3v) is 3.00. The number of carbonyl (C=O) groups excluding carboxylic acids is 1. The van der Waals surface area contributed by atoms with Crippen molar-refractivity contribution in [2.24, 2.45) is 0 Å². The molecule has 1 saturated heterocycles. The highest BCUT2D eigenvalue weighted by Crippen LogP contribution is 2.33. The zero-order valence-corrected chi connectivity index (χ0v) is 8.86. The predicted molar refractivity (Wildman–Crippen MR) is 57.4 cm³/mol. The van der Waals surface area contributed by atoms with E-state index in [0.717, 1.165) is 24.3 Å². The minimum atomic E-state index is 0.158. The topological polar surface area (TPSA) is 47.6 Å². The molecule has 16 heavy (non-hydrogen) atoms. The molecule has 1 aromatic carbocycles. The molecule has 1 fully saturated rings. The van der Waals surface area contributed by atoms with Gasteiger partial charge in [-0.05, 0) is 30.5 Å². The Morgan fingerprint density at radius 1 is 1.31 bits per heavy atom. The van der Waals surface area contributed by atoms with E-state index in [1.807, 2.05) is 18.2 Å². The maximum atomic E-state index is 11.1. The monoisotopic (exact) mass is 219 g/mol. The zero-order valence-electron chi connectivity index (χ0n) is 8.86. The fourth-order valence-corrected chi connectivity index (χ4v) is 2.18. The average molecular weight is 219 g/mol. The average Bonchev–Trinajstić information content (AvgIpc) is 2.87. The highest BCUT2D eigenvalue weighted by atomic mass is 16.7. The summed E-state index contributed by atoms with van der Waals surface area (Å²) in [6, 6.07) is 6.21. The maximum absolute atomic E-state index is 11.1. The number of amides is 1. The van der Waals surface area contributed by atoms with E-state index in [2.05, 4.69) is 5.32 Å². The van der Waals surface area contributed by atoms with Crippen LogP contribution in [0.25, 0.3) is 0 Å². The van der Waals surface area contributed by atoms with E-state index in [0.29, 0.717) is 13.2 Å². The molecule has 84 valence electrons. The first-order valence-corrected chi connectivity index (χ1v) is 5.49. The first kappa shape index (κ1) is 9.51. The van der Waals surface area contributed by atoms with Crippen molar-refractivity contribution in [3.63, 3.8) is 0 Å². The van der Waals surface area contributed by atoms with E-state index in [1.54, 1.807) is 0 Å². The van der Waals surface area contributed by atoms with Gasteiger partial charge in [0, 0.05) is 12.5 Å². The highest BCUT2D eigenvalue weighted by Gasteiger charge is 2.21. The molecule has 0 radical (unpaired) electrons. The van der Waals surface area contributed by atoms with Crippen molar-refractivity contribution in [3.05, 3.63) is 23.8 Å². The lowest BCUT2D eigenvalue weighted by atomic mass is 10.0. The summed E-state index contributed by atoms with van der Waals surface area (Å²) >= 11 is 0. The molecule has 0 bridgehead atoms. The summed E-state index contributed by atoms with van der Waals surface area (Å²) in [4.78, 5) is 11.1. The zero-order chi connectivity index (χ0) is 11.0. The van der Waals surface area contributed by atoms with Crippen LogP contribution in [0.4, 0.5) is 0 Å². The van der Waals surface area contributed by atoms with Gasteiger partial charge >= 0.3 is 0 Å². The third kappa shape index (κ3) is 1.71. The molecule has 2 aliphatic heterocycles. The molecule has 1 amide bonds. The second kappa shape index (κ2) is 3.70. The van der Waals surface area contributed by atoms with Gasteiger partial charge in [-0.15, -0.1) is 0 Å². The number of benzene rings is 1. The second-order valence-corrected chi connectivity index (χ2v) is 4.19. The Bertz CT molecular complexity index is 430. The quantitative estimate of drug-likeness (QED) is 0.814. The van der Waals surface area contributed by atoms with Gasteiger partial charge in [-0.1, -0.05) is 6.07 Å². The summed E-state index contributed by atoms with van der Waals surface area (Å²) in [5.74, 6) is 1.77. The summed E-state index contributed by atoms with van der Waals surface area (Å²) in [5.41, 5.74) is 1.18. The first-order chi connectivity index (χ1) is 7.81. The molecule has 2 aliphatic rings. The van der Waals surface area contributed by atoms with Gasteiger partial charge in [0.05, 0.1) is 0 Å². The lowest BCUT2D eigenvalue weighted by Gasteiger charge is -2.10. The van der Waals surface area contributed by atoms with Gasteiger partial charge in [0.1, 0.15) is 0 Å². The molecule has 0 aliphatic carbocycles. The molecule has 3 rings (SSSR count). The van der Waals surface area contributed by atoms with Gasteiger partial charge in [0.15, 0.2) is 11.5 Å². The molecular formula is C12H13NO3. The maximum Gasteiger partial charge on any atom is 0.231 e. The Hall–Kier alpha value is -1.71. The fourth-order valence-electron chi connectivity index (χ4n) is 2.18. The summed E-state index contributed by atoms with van der Waals surface area (Å²) in [5, 5.41) is 2.96. The van der Waals surface area contributed by atoms with Crippen LogP contribution < -0.4 is 14.8 Å². The van der Waals surface area contributed by atoms with Gasteiger partial charge < -0.3 is 14.8 Å². The van der Waals surface area contributed by atoms with Crippen LogP contribution in [0.5, 0.6) is 11.5 Å². The number of carbonyl (C=O) groups is 1. The molecule has 4 heteroatoms. The van der Waals surface area contributed by atoms with Crippen LogP contribution in [0.1, 0.15) is 18.4 Å². The van der Waals surface area contributed by atoms with Gasteiger partial charge in [0.2, 0.25) is 12.7 Å². The summed E-state index contributed by atoms with van der Waals surface area (Å²) < 4.78 is 10.6. The summed E-state index contributed by atoms with van der Waals surface area (Å²) in [6.07, 6.45) is 2.44. The van der Waals surface area contributed by atoms with Gasteiger partial charge in [-0.2, -0.15) is 0 Å². The molecule has 1 unspecified atom stereocenters. The van der Waals surface area contributed by atoms with Gasteiger partial charge in [0.25, 0.3) is 0 Å². The molecule has 1 N–H and O–H groups in total. The number of hydrogen-bond donors (Lipinski definition) is 1. The van der Waals surface area contributed by atoms with Crippen molar-refractivity contribution < 1.29 is 14.3 Å². The number of rotatable bonds is 2. The van der Waals surface area contributed by atoms with Crippen LogP contribution in [0.2, 0.25) is 0 Å². The molecule has 0 spiro atoms. The van der Waals surface area contributed by atoms with Gasteiger partial charge in [-0.3, -0.25) is 4.79 Å². The number of fused-ring (bicyclic) bond motifs is 1. The molecule has 2 heterocycles. The Kier molecular flexibility index (Phi) is 2.20. The third-order valence-electron chi connectivity index (χ3n) is 3.00. The second-order valence-electron chi connectivity index (χ2n) is 4.19. The highest BCUT2D eigenvalue weighted by molar-refractivity contribution is 5.78. The Morgan fingerprint density at radius 3 is 3.00 bits per heavy atom. The van der Waals surface area contributed by atoms with Gasteiger partial charge in [-0.25, -0.2) is 0 Å². The lowest BCUT2D eigenvalue weighted by molar-refractivity contribution is -0.119. The predicted octanol–water partition coefficient (Wildman–Crippen LogP) is 1.24. The van der Waals surface area contributed by atoms with Crippen molar-refractivity contribution >= 4 is 5.91 Å². The van der Waals surface area contributed by atoms with E-state index >= 15 is 0 Å². The van der Waals surface area contributed by atoms with E-state index in [4.69, 9.17) is 9.47 Å². The van der Waals surface area contributed by atoms with Crippen molar-refractivity contribution in [3.8, 4) is 11.5 Å². The molecule has 1 atom stereocenters. The molecule has 4 nitrogen and oxygen atoms in total. The summed E-state index contributed by atoms with van der Waals surface area (Å²) in [6.45, 7) is 0.305. The fraction of sp³-hybridized carbons (Fsp3) is 0.417. The number of ether oxygens (including phenoxy) is 2. The van der Waals surface area contributed by atoms with Crippen LogP contribution in [-0.4, -0.2) is 18.7 Å². The minimum Gasteiger partial charge on any atom is -0.454 e.